The first-order valence-electron chi connectivity index (χ1n) is 5.51. The van der Waals surface area contributed by atoms with E-state index in [0.717, 1.165) is 18.8 Å². The number of nitrogens with zero attached hydrogens (tertiary/aromatic N) is 3. The van der Waals surface area contributed by atoms with Gasteiger partial charge in [-0.15, -0.1) is 0 Å². The Kier molecular flexibility index (Phi) is 5.42. The summed E-state index contributed by atoms with van der Waals surface area (Å²) in [4.78, 5) is 21.3. The molecule has 0 aliphatic carbocycles. The molecule has 0 spiro atoms. The van der Waals surface area contributed by atoms with Crippen LogP contribution in [0.25, 0.3) is 0 Å². The molecular formula is C11H18N4O. The van der Waals surface area contributed by atoms with Crippen molar-refractivity contribution in [2.45, 2.75) is 20.4 Å². The first-order chi connectivity index (χ1) is 7.77. The van der Waals surface area contributed by atoms with Crippen LogP contribution in [-0.2, 0) is 11.3 Å². The highest BCUT2D eigenvalue weighted by atomic mass is 16.2. The van der Waals surface area contributed by atoms with Crippen LogP contribution in [-0.4, -0.2) is 40.4 Å². The van der Waals surface area contributed by atoms with Crippen molar-refractivity contribution in [3.63, 3.8) is 0 Å². The fourth-order valence-electron chi connectivity index (χ4n) is 1.41. The smallest absolute Gasteiger partial charge is 0.236 e. The highest BCUT2D eigenvalue weighted by molar-refractivity contribution is 5.78. The summed E-state index contributed by atoms with van der Waals surface area (Å²) in [5.41, 5.74) is 0.891. The second-order valence-corrected chi connectivity index (χ2v) is 3.37. The topological polar surface area (TPSA) is 58.1 Å². The third-order valence-electron chi connectivity index (χ3n) is 2.34. The van der Waals surface area contributed by atoms with Crippen molar-refractivity contribution in [1.29, 1.82) is 0 Å². The molecule has 0 fully saturated rings. The van der Waals surface area contributed by atoms with Gasteiger partial charge in [-0.2, -0.15) is 0 Å². The lowest BCUT2D eigenvalue weighted by Gasteiger charge is -2.18. The summed E-state index contributed by atoms with van der Waals surface area (Å²) in [6.07, 6.45) is 3.19. The number of carbonyl (C=O) groups is 1. The Labute approximate surface area is 95.9 Å². The van der Waals surface area contributed by atoms with E-state index in [0.29, 0.717) is 13.1 Å². The average Bonchev–Trinajstić information content (AvgIpc) is 2.32. The van der Waals surface area contributed by atoms with Gasteiger partial charge in [0.15, 0.2) is 0 Å². The van der Waals surface area contributed by atoms with Gasteiger partial charge in [0.2, 0.25) is 5.91 Å². The molecule has 0 bridgehead atoms. The van der Waals surface area contributed by atoms with E-state index in [1.165, 1.54) is 6.33 Å². The summed E-state index contributed by atoms with van der Waals surface area (Å²) in [5.74, 6) is 0.124. The zero-order chi connectivity index (χ0) is 11.8. The third-order valence-corrected chi connectivity index (χ3v) is 2.34. The molecule has 0 atom stereocenters. The number of hydrogen-bond donors (Lipinski definition) is 1. The SMILES string of the molecule is CCN(CC)C(=O)CNCc1ccncn1. The van der Waals surface area contributed by atoms with Crippen molar-refractivity contribution in [1.82, 2.24) is 20.2 Å². The molecule has 0 aliphatic rings. The Morgan fingerprint density at radius 1 is 1.44 bits per heavy atom. The maximum atomic E-state index is 11.6. The lowest BCUT2D eigenvalue weighted by molar-refractivity contribution is -0.129. The highest BCUT2D eigenvalue weighted by Crippen LogP contribution is 1.91. The van der Waals surface area contributed by atoms with Crippen molar-refractivity contribution in [2.24, 2.45) is 0 Å². The van der Waals surface area contributed by atoms with Crippen LogP contribution >= 0.6 is 0 Å². The van der Waals surface area contributed by atoms with Gasteiger partial charge in [-0.1, -0.05) is 0 Å². The first-order valence-corrected chi connectivity index (χ1v) is 5.51. The van der Waals surface area contributed by atoms with Crippen LogP contribution in [0.15, 0.2) is 18.6 Å². The van der Waals surface area contributed by atoms with Gasteiger partial charge in [0.1, 0.15) is 6.33 Å². The van der Waals surface area contributed by atoms with Gasteiger partial charge >= 0.3 is 0 Å². The summed E-state index contributed by atoms with van der Waals surface area (Å²) in [7, 11) is 0. The van der Waals surface area contributed by atoms with E-state index in [4.69, 9.17) is 0 Å². The number of aromatic nitrogens is 2. The molecular weight excluding hydrogens is 204 g/mol. The van der Waals surface area contributed by atoms with Gasteiger partial charge in [0.25, 0.3) is 0 Å². The van der Waals surface area contributed by atoms with E-state index in [9.17, 15) is 4.79 Å². The van der Waals surface area contributed by atoms with Crippen LogP contribution in [0.5, 0.6) is 0 Å². The number of carbonyl (C=O) groups excluding carboxylic acids is 1. The Balaban J connectivity index is 2.28. The molecule has 1 amide bonds. The Hall–Kier alpha value is -1.49. The summed E-state index contributed by atoms with van der Waals surface area (Å²) in [6.45, 7) is 6.41. The fraction of sp³-hybridized carbons (Fsp3) is 0.545. The molecule has 88 valence electrons. The number of amides is 1. The lowest BCUT2D eigenvalue weighted by Crippen LogP contribution is -2.37. The Morgan fingerprint density at radius 3 is 2.75 bits per heavy atom. The minimum atomic E-state index is 0.124. The second kappa shape index (κ2) is 6.90. The molecule has 0 aliphatic heterocycles. The molecule has 1 rings (SSSR count). The molecule has 1 N–H and O–H groups in total. The van der Waals surface area contributed by atoms with Crippen molar-refractivity contribution >= 4 is 5.91 Å². The normalized spacial score (nSPS) is 10.1. The summed E-state index contributed by atoms with van der Waals surface area (Å²) >= 11 is 0. The van der Waals surface area contributed by atoms with Gasteiger partial charge in [-0.25, -0.2) is 9.97 Å². The number of rotatable bonds is 6. The van der Waals surface area contributed by atoms with Gasteiger partial charge in [0, 0.05) is 25.8 Å². The van der Waals surface area contributed by atoms with Crippen molar-refractivity contribution < 1.29 is 4.79 Å². The predicted molar refractivity (Wildman–Crippen MR) is 61.7 cm³/mol. The molecule has 5 heteroatoms. The van der Waals surface area contributed by atoms with Gasteiger partial charge < -0.3 is 10.2 Å². The van der Waals surface area contributed by atoms with E-state index in [-0.39, 0.29) is 5.91 Å². The van der Waals surface area contributed by atoms with E-state index >= 15 is 0 Å². The van der Waals surface area contributed by atoms with E-state index in [1.54, 1.807) is 11.1 Å². The van der Waals surface area contributed by atoms with Gasteiger partial charge in [0.05, 0.1) is 12.2 Å². The molecule has 0 unspecified atom stereocenters. The minimum Gasteiger partial charge on any atom is -0.342 e. The molecule has 0 saturated carbocycles. The monoisotopic (exact) mass is 222 g/mol. The molecule has 5 nitrogen and oxygen atoms in total. The quantitative estimate of drug-likeness (QED) is 0.758. The molecule has 1 heterocycles. The highest BCUT2D eigenvalue weighted by Gasteiger charge is 2.08. The average molecular weight is 222 g/mol. The van der Waals surface area contributed by atoms with Crippen LogP contribution in [0.3, 0.4) is 0 Å². The molecule has 16 heavy (non-hydrogen) atoms. The van der Waals surface area contributed by atoms with Gasteiger partial charge in [-0.3, -0.25) is 4.79 Å². The maximum Gasteiger partial charge on any atom is 0.236 e. The summed E-state index contributed by atoms with van der Waals surface area (Å²) < 4.78 is 0. The van der Waals surface area contributed by atoms with Crippen molar-refractivity contribution in [3.05, 3.63) is 24.3 Å². The van der Waals surface area contributed by atoms with E-state index < -0.39 is 0 Å². The standard InChI is InChI=1S/C11H18N4O/c1-3-15(4-2)11(16)8-13-7-10-5-6-12-9-14-10/h5-6,9,13H,3-4,7-8H2,1-2H3. The minimum absolute atomic E-state index is 0.124. The van der Waals surface area contributed by atoms with E-state index in [1.807, 2.05) is 19.9 Å². The molecule has 0 aromatic carbocycles. The zero-order valence-electron chi connectivity index (χ0n) is 9.81. The largest absolute Gasteiger partial charge is 0.342 e. The number of likely N-dealkylation sites (N-methyl/N-ethyl adjacent to an activating group) is 1. The number of hydrogen-bond acceptors (Lipinski definition) is 4. The molecule has 1 aromatic rings. The molecule has 0 radical (unpaired) electrons. The van der Waals surface area contributed by atoms with Crippen molar-refractivity contribution in [2.75, 3.05) is 19.6 Å². The molecule has 1 aromatic heterocycles. The third kappa shape index (κ3) is 3.94. The number of nitrogens with one attached hydrogen (secondary N) is 1. The second-order valence-electron chi connectivity index (χ2n) is 3.37. The Bertz CT molecular complexity index is 311. The predicted octanol–water partition coefficient (Wildman–Crippen LogP) is 0.435. The van der Waals surface area contributed by atoms with Crippen LogP contribution in [0.2, 0.25) is 0 Å². The van der Waals surface area contributed by atoms with Gasteiger partial charge in [-0.05, 0) is 19.9 Å². The molecule has 0 saturated heterocycles. The zero-order valence-corrected chi connectivity index (χ0v) is 9.81. The van der Waals surface area contributed by atoms with Crippen LogP contribution in [0, 0.1) is 0 Å². The lowest BCUT2D eigenvalue weighted by atomic mass is 10.4. The van der Waals surface area contributed by atoms with Crippen LogP contribution < -0.4 is 5.32 Å². The maximum absolute atomic E-state index is 11.6. The summed E-state index contributed by atoms with van der Waals surface area (Å²) in [6, 6.07) is 1.83. The van der Waals surface area contributed by atoms with Crippen LogP contribution in [0.1, 0.15) is 19.5 Å². The fourth-order valence-corrected chi connectivity index (χ4v) is 1.41. The van der Waals surface area contributed by atoms with Crippen molar-refractivity contribution in [3.8, 4) is 0 Å². The van der Waals surface area contributed by atoms with Crippen LogP contribution in [0.4, 0.5) is 0 Å². The first kappa shape index (κ1) is 12.6. The Morgan fingerprint density at radius 2 is 2.19 bits per heavy atom. The van der Waals surface area contributed by atoms with E-state index in [2.05, 4.69) is 15.3 Å². The summed E-state index contributed by atoms with van der Waals surface area (Å²) in [5, 5.41) is 3.07.